The molecule has 0 saturated carbocycles. The first kappa shape index (κ1) is 13.5. The van der Waals surface area contributed by atoms with Crippen molar-refractivity contribution in [3.8, 4) is 0 Å². The first-order valence-corrected chi connectivity index (χ1v) is 13.9. The van der Waals surface area contributed by atoms with E-state index < -0.39 is 20.6 Å². The Morgan fingerprint density at radius 2 is 1.18 bits per heavy atom. The summed E-state index contributed by atoms with van der Waals surface area (Å²) in [4.78, 5) is 0. The Morgan fingerprint density at radius 1 is 0.727 bits per heavy atom. The molecule has 0 spiro atoms. The average Bonchev–Trinajstić information content (AvgIpc) is 3.06. The third-order valence-electron chi connectivity index (χ3n) is 5.29. The number of fused-ring (bicyclic) bond motifs is 6. The SMILES string of the molecule is [Cl][Zr]1[CH]2C(=Cc3ccccc32)CCC2=Cc3ccccc3[CH]21. The van der Waals surface area contributed by atoms with E-state index in [9.17, 15) is 0 Å². The molecule has 0 nitrogen and oxygen atoms in total. The van der Waals surface area contributed by atoms with Crippen LogP contribution in [-0.4, -0.2) is 0 Å². The molecule has 1 fully saturated rings. The zero-order chi connectivity index (χ0) is 14.7. The van der Waals surface area contributed by atoms with Gasteiger partial charge in [0.05, 0.1) is 0 Å². The molecule has 2 atom stereocenters. The number of benzene rings is 2. The van der Waals surface area contributed by atoms with Gasteiger partial charge in [0.15, 0.2) is 0 Å². The molecule has 0 bridgehead atoms. The summed E-state index contributed by atoms with van der Waals surface area (Å²) in [6, 6.07) is 17.8. The normalized spacial score (nSPS) is 24.7. The van der Waals surface area contributed by atoms with Crippen molar-refractivity contribution in [3.63, 3.8) is 0 Å². The summed E-state index contributed by atoms with van der Waals surface area (Å²) >= 11 is -2.17. The molecule has 0 N–H and O–H groups in total. The van der Waals surface area contributed by atoms with Gasteiger partial charge in [-0.15, -0.1) is 0 Å². The molecular formula is C20H16ClZr. The molecule has 0 amide bonds. The van der Waals surface area contributed by atoms with Crippen molar-refractivity contribution in [2.24, 2.45) is 0 Å². The Kier molecular flexibility index (Phi) is 3.10. The first-order chi connectivity index (χ1) is 10.8. The minimum absolute atomic E-state index is 0.572. The standard InChI is InChI=1S/C20H16.ClH.Zr/c1-2-6-18-12-15(11-17(18)5-1)9-10-16-13-19-7-3-4-8-20(19)14-16;;/h1-8,11-14H,9-10H2;1H;/q;;+1/p-1. The van der Waals surface area contributed by atoms with Gasteiger partial charge in [0.25, 0.3) is 0 Å². The van der Waals surface area contributed by atoms with Crippen molar-refractivity contribution in [2.75, 3.05) is 0 Å². The van der Waals surface area contributed by atoms with Crippen LogP contribution in [0.4, 0.5) is 0 Å². The summed E-state index contributed by atoms with van der Waals surface area (Å²) in [6.07, 6.45) is 7.23. The molecule has 0 aromatic heterocycles. The van der Waals surface area contributed by atoms with Crippen LogP contribution in [0.2, 0.25) is 0 Å². The van der Waals surface area contributed by atoms with E-state index in [-0.39, 0.29) is 0 Å². The molecule has 2 heteroatoms. The molecule has 1 aliphatic heterocycles. The number of rotatable bonds is 0. The van der Waals surface area contributed by atoms with E-state index in [4.69, 9.17) is 8.51 Å². The number of halogens is 1. The molecule has 2 aromatic carbocycles. The predicted molar refractivity (Wildman–Crippen MR) is 89.4 cm³/mol. The van der Waals surface area contributed by atoms with Crippen molar-refractivity contribution < 1.29 is 20.6 Å². The Hall–Kier alpha value is -0.907. The van der Waals surface area contributed by atoms with Gasteiger partial charge in [-0.1, -0.05) is 0 Å². The summed E-state index contributed by atoms with van der Waals surface area (Å²) < 4.78 is 1.14. The van der Waals surface area contributed by atoms with Crippen molar-refractivity contribution in [2.45, 2.75) is 20.1 Å². The van der Waals surface area contributed by atoms with Crippen molar-refractivity contribution >= 4 is 20.7 Å². The quantitative estimate of drug-likeness (QED) is 0.537. The predicted octanol–water partition coefficient (Wildman–Crippen LogP) is 5.83. The molecular weight excluding hydrogens is 367 g/mol. The minimum atomic E-state index is -2.17. The fourth-order valence-corrected chi connectivity index (χ4v) is 13.8. The Morgan fingerprint density at radius 3 is 1.68 bits per heavy atom. The number of hydrogen-bond donors (Lipinski definition) is 0. The molecule has 2 aromatic rings. The van der Waals surface area contributed by atoms with Crippen LogP contribution in [0.15, 0.2) is 59.7 Å². The van der Waals surface area contributed by atoms with E-state index in [1.807, 2.05) is 0 Å². The molecule has 1 saturated heterocycles. The Bertz CT molecular complexity index is 764. The Labute approximate surface area is 142 Å². The van der Waals surface area contributed by atoms with Gasteiger partial charge < -0.3 is 0 Å². The zero-order valence-corrected chi connectivity index (χ0v) is 15.4. The summed E-state index contributed by atoms with van der Waals surface area (Å²) in [5.74, 6) is 0. The molecule has 107 valence electrons. The van der Waals surface area contributed by atoms with Crippen molar-refractivity contribution in [3.05, 3.63) is 81.9 Å². The second-order valence-corrected chi connectivity index (χ2v) is 13.8. The summed E-state index contributed by atoms with van der Waals surface area (Å²) in [5.41, 5.74) is 9.07. The van der Waals surface area contributed by atoms with Crippen molar-refractivity contribution in [1.82, 2.24) is 0 Å². The third kappa shape index (κ3) is 1.85. The van der Waals surface area contributed by atoms with Crippen LogP contribution in [0.1, 0.15) is 42.3 Å². The first-order valence-electron chi connectivity index (χ1n) is 7.94. The second kappa shape index (κ2) is 5.05. The van der Waals surface area contributed by atoms with Crippen LogP contribution in [0, 0.1) is 0 Å². The van der Waals surface area contributed by atoms with Gasteiger partial charge in [-0.2, -0.15) is 0 Å². The van der Waals surface area contributed by atoms with E-state index in [1.54, 1.807) is 11.1 Å². The van der Waals surface area contributed by atoms with Crippen LogP contribution >= 0.6 is 8.51 Å². The van der Waals surface area contributed by atoms with Crippen LogP contribution in [0.3, 0.4) is 0 Å². The fraction of sp³-hybridized carbons (Fsp3) is 0.200. The van der Waals surface area contributed by atoms with E-state index in [0.29, 0.717) is 7.25 Å². The Balaban J connectivity index is 1.66. The van der Waals surface area contributed by atoms with Crippen molar-refractivity contribution in [1.29, 1.82) is 0 Å². The third-order valence-corrected chi connectivity index (χ3v) is 13.9. The topological polar surface area (TPSA) is 0 Å². The maximum atomic E-state index is 7.29. The summed E-state index contributed by atoms with van der Waals surface area (Å²) in [6.45, 7) is 0. The van der Waals surface area contributed by atoms with Gasteiger partial charge in [0, 0.05) is 0 Å². The average molecular weight is 383 g/mol. The monoisotopic (exact) mass is 381 g/mol. The second-order valence-electron chi connectivity index (χ2n) is 6.45. The zero-order valence-electron chi connectivity index (χ0n) is 12.2. The van der Waals surface area contributed by atoms with Gasteiger partial charge in [0.2, 0.25) is 0 Å². The van der Waals surface area contributed by atoms with Crippen LogP contribution in [0.5, 0.6) is 0 Å². The fourth-order valence-electron chi connectivity index (χ4n) is 4.32. The van der Waals surface area contributed by atoms with Crippen LogP contribution in [0.25, 0.3) is 12.2 Å². The van der Waals surface area contributed by atoms with E-state index in [1.165, 1.54) is 35.1 Å². The molecule has 22 heavy (non-hydrogen) atoms. The molecule has 1 heterocycles. The van der Waals surface area contributed by atoms with Crippen LogP contribution < -0.4 is 0 Å². The number of hydrogen-bond acceptors (Lipinski definition) is 0. The molecule has 0 radical (unpaired) electrons. The van der Waals surface area contributed by atoms with Gasteiger partial charge in [-0.3, -0.25) is 0 Å². The van der Waals surface area contributed by atoms with E-state index >= 15 is 0 Å². The molecule has 5 rings (SSSR count). The molecule has 2 unspecified atom stereocenters. The number of allylic oxidation sites excluding steroid dienone is 2. The van der Waals surface area contributed by atoms with Gasteiger partial charge in [-0.05, 0) is 0 Å². The van der Waals surface area contributed by atoms with Gasteiger partial charge in [-0.25, -0.2) is 0 Å². The maximum absolute atomic E-state index is 7.29. The van der Waals surface area contributed by atoms with Gasteiger partial charge in [0.1, 0.15) is 0 Å². The summed E-state index contributed by atoms with van der Waals surface area (Å²) in [5, 5.41) is 0. The van der Waals surface area contributed by atoms with Crippen LogP contribution in [-0.2, 0) is 20.6 Å². The van der Waals surface area contributed by atoms with Gasteiger partial charge >= 0.3 is 143 Å². The molecule has 3 aliphatic rings. The van der Waals surface area contributed by atoms with E-state index in [0.717, 1.165) is 0 Å². The van der Waals surface area contributed by atoms with E-state index in [2.05, 4.69) is 60.7 Å². The molecule has 2 aliphatic carbocycles. The summed E-state index contributed by atoms with van der Waals surface area (Å²) in [7, 11) is 7.29.